The summed E-state index contributed by atoms with van der Waals surface area (Å²) in [6, 6.07) is 3.91. The van der Waals surface area contributed by atoms with Gasteiger partial charge in [-0.15, -0.1) is 0 Å². The van der Waals surface area contributed by atoms with E-state index in [9.17, 15) is 9.18 Å². The zero-order chi connectivity index (χ0) is 9.42. The summed E-state index contributed by atoms with van der Waals surface area (Å²) in [6.07, 6.45) is -0.692. The minimum absolute atomic E-state index is 0.242. The molecule has 0 aliphatic carbocycles. The van der Waals surface area contributed by atoms with Crippen molar-refractivity contribution in [2.24, 2.45) is 0 Å². The Hall–Kier alpha value is -1.42. The molecule has 0 fully saturated rings. The Labute approximate surface area is 74.1 Å². The first kappa shape index (κ1) is 8.19. The molecule has 1 aromatic carbocycles. The van der Waals surface area contributed by atoms with Gasteiger partial charge in [0.05, 0.1) is 5.56 Å². The molecular weight excluding hydrogens is 175 g/mol. The Bertz CT molecular complexity index is 362. The van der Waals surface area contributed by atoms with Crippen LogP contribution in [0, 0.1) is 5.82 Å². The van der Waals surface area contributed by atoms with E-state index in [1.165, 1.54) is 19.2 Å². The molecule has 3 nitrogen and oxygen atoms in total. The Morgan fingerprint density at radius 1 is 1.54 bits per heavy atom. The zero-order valence-electron chi connectivity index (χ0n) is 6.91. The van der Waals surface area contributed by atoms with Gasteiger partial charge in [0.1, 0.15) is 5.82 Å². The maximum absolute atomic E-state index is 12.7. The maximum Gasteiger partial charge on any atom is 0.341 e. The van der Waals surface area contributed by atoms with Gasteiger partial charge in [-0.2, -0.15) is 0 Å². The number of methoxy groups -OCH3 is 1. The summed E-state index contributed by atoms with van der Waals surface area (Å²) in [4.78, 5) is 11.1. The van der Waals surface area contributed by atoms with Crippen LogP contribution in [0.1, 0.15) is 22.2 Å². The third-order valence-electron chi connectivity index (χ3n) is 1.92. The summed E-state index contributed by atoms with van der Waals surface area (Å²) < 4.78 is 22.4. The number of halogens is 1. The fourth-order valence-corrected chi connectivity index (χ4v) is 1.31. The minimum Gasteiger partial charge on any atom is -0.428 e. The molecule has 1 aliphatic rings. The van der Waals surface area contributed by atoms with E-state index in [4.69, 9.17) is 9.47 Å². The summed E-state index contributed by atoms with van der Waals surface area (Å²) in [6.45, 7) is 0. The Morgan fingerprint density at radius 2 is 2.31 bits per heavy atom. The SMILES string of the molecule is COC1OC(=O)c2cc(F)ccc21. The van der Waals surface area contributed by atoms with E-state index in [2.05, 4.69) is 0 Å². The average Bonchev–Trinajstić information content (AvgIpc) is 2.43. The molecule has 68 valence electrons. The van der Waals surface area contributed by atoms with Crippen molar-refractivity contribution < 1.29 is 18.7 Å². The summed E-state index contributed by atoms with van der Waals surface area (Å²) in [5, 5.41) is 0. The number of hydrogen-bond donors (Lipinski definition) is 0. The molecule has 13 heavy (non-hydrogen) atoms. The number of cyclic esters (lactones) is 1. The molecule has 2 rings (SSSR count). The molecule has 0 radical (unpaired) electrons. The Morgan fingerprint density at radius 3 is 3.00 bits per heavy atom. The van der Waals surface area contributed by atoms with Gasteiger partial charge >= 0.3 is 5.97 Å². The second-order valence-corrected chi connectivity index (χ2v) is 2.70. The van der Waals surface area contributed by atoms with Crippen LogP contribution in [0.15, 0.2) is 18.2 Å². The van der Waals surface area contributed by atoms with Gasteiger partial charge in [-0.3, -0.25) is 0 Å². The monoisotopic (exact) mass is 182 g/mol. The maximum atomic E-state index is 12.7. The van der Waals surface area contributed by atoms with Gasteiger partial charge in [-0.25, -0.2) is 9.18 Å². The van der Waals surface area contributed by atoms with Crippen molar-refractivity contribution in [1.82, 2.24) is 0 Å². The number of esters is 1. The second-order valence-electron chi connectivity index (χ2n) is 2.70. The van der Waals surface area contributed by atoms with Crippen LogP contribution in [0.3, 0.4) is 0 Å². The fraction of sp³-hybridized carbons (Fsp3) is 0.222. The topological polar surface area (TPSA) is 35.5 Å². The van der Waals surface area contributed by atoms with E-state index in [1.807, 2.05) is 0 Å². The highest BCUT2D eigenvalue weighted by Crippen LogP contribution is 2.30. The highest BCUT2D eigenvalue weighted by atomic mass is 19.1. The summed E-state index contributed by atoms with van der Waals surface area (Å²) in [7, 11) is 1.43. The highest BCUT2D eigenvalue weighted by Gasteiger charge is 2.30. The fourth-order valence-electron chi connectivity index (χ4n) is 1.31. The third-order valence-corrected chi connectivity index (χ3v) is 1.92. The molecule has 0 aromatic heterocycles. The van der Waals surface area contributed by atoms with Crippen molar-refractivity contribution in [1.29, 1.82) is 0 Å². The van der Waals surface area contributed by atoms with E-state index >= 15 is 0 Å². The van der Waals surface area contributed by atoms with Gasteiger partial charge in [0.25, 0.3) is 0 Å². The smallest absolute Gasteiger partial charge is 0.341 e. The van der Waals surface area contributed by atoms with E-state index < -0.39 is 18.1 Å². The summed E-state index contributed by atoms with van der Waals surface area (Å²) in [5.74, 6) is -0.992. The molecule has 0 bridgehead atoms. The van der Waals surface area contributed by atoms with Crippen LogP contribution >= 0.6 is 0 Å². The van der Waals surface area contributed by atoms with Crippen molar-refractivity contribution in [3.05, 3.63) is 35.1 Å². The van der Waals surface area contributed by atoms with Gasteiger partial charge in [0.2, 0.25) is 6.29 Å². The van der Waals surface area contributed by atoms with Gasteiger partial charge in [0.15, 0.2) is 0 Å². The van der Waals surface area contributed by atoms with E-state index in [1.54, 1.807) is 0 Å². The van der Waals surface area contributed by atoms with Crippen molar-refractivity contribution >= 4 is 5.97 Å². The molecule has 1 unspecified atom stereocenters. The normalized spacial score (nSPS) is 19.8. The van der Waals surface area contributed by atoms with Crippen LogP contribution in [0.4, 0.5) is 4.39 Å². The lowest BCUT2D eigenvalue weighted by Gasteiger charge is -2.06. The lowest BCUT2D eigenvalue weighted by atomic mass is 10.1. The first-order valence-electron chi connectivity index (χ1n) is 3.75. The van der Waals surface area contributed by atoms with Crippen molar-refractivity contribution in [3.63, 3.8) is 0 Å². The predicted molar refractivity (Wildman–Crippen MR) is 41.6 cm³/mol. The van der Waals surface area contributed by atoms with Crippen LogP contribution in [-0.4, -0.2) is 13.1 Å². The lowest BCUT2D eigenvalue weighted by Crippen LogP contribution is -1.99. The molecule has 0 saturated carbocycles. The van der Waals surface area contributed by atoms with Crippen molar-refractivity contribution in [3.8, 4) is 0 Å². The van der Waals surface area contributed by atoms with Gasteiger partial charge in [0, 0.05) is 12.7 Å². The number of benzene rings is 1. The second kappa shape index (κ2) is 2.81. The molecule has 0 saturated heterocycles. The van der Waals surface area contributed by atoms with Gasteiger partial charge < -0.3 is 9.47 Å². The van der Waals surface area contributed by atoms with Gasteiger partial charge in [-0.1, -0.05) is 0 Å². The quantitative estimate of drug-likeness (QED) is 0.619. The number of rotatable bonds is 1. The average molecular weight is 182 g/mol. The van der Waals surface area contributed by atoms with Crippen LogP contribution in [0.25, 0.3) is 0 Å². The molecule has 1 aromatic rings. The summed E-state index contributed by atoms with van der Waals surface area (Å²) in [5.41, 5.74) is 0.820. The number of carbonyl (C=O) groups is 1. The molecule has 0 spiro atoms. The molecular formula is C9H7FO3. The van der Waals surface area contributed by atoms with E-state index in [-0.39, 0.29) is 5.56 Å². The van der Waals surface area contributed by atoms with Crippen LogP contribution in [0.2, 0.25) is 0 Å². The number of fused-ring (bicyclic) bond motifs is 1. The van der Waals surface area contributed by atoms with Gasteiger partial charge in [-0.05, 0) is 18.2 Å². The third kappa shape index (κ3) is 1.19. The molecule has 0 N–H and O–H groups in total. The van der Waals surface area contributed by atoms with E-state index in [0.29, 0.717) is 5.56 Å². The molecule has 1 aliphatic heterocycles. The number of carbonyl (C=O) groups excluding carboxylic acids is 1. The highest BCUT2D eigenvalue weighted by molar-refractivity contribution is 5.93. The largest absolute Gasteiger partial charge is 0.428 e. The number of ether oxygens (including phenoxy) is 2. The van der Waals surface area contributed by atoms with Crippen LogP contribution in [-0.2, 0) is 9.47 Å². The first-order valence-corrected chi connectivity index (χ1v) is 3.75. The predicted octanol–water partition coefficient (Wildman–Crippen LogP) is 1.64. The number of hydrogen-bond acceptors (Lipinski definition) is 3. The Balaban J connectivity index is 2.52. The standard InChI is InChI=1S/C9H7FO3/c1-12-9-6-3-2-5(10)4-7(6)8(11)13-9/h2-4,9H,1H3. The first-order chi connectivity index (χ1) is 6.22. The molecule has 1 heterocycles. The molecule has 4 heteroatoms. The lowest BCUT2D eigenvalue weighted by molar-refractivity contribution is -0.0815. The van der Waals surface area contributed by atoms with Crippen LogP contribution in [0.5, 0.6) is 0 Å². The summed E-state index contributed by atoms with van der Waals surface area (Å²) >= 11 is 0. The van der Waals surface area contributed by atoms with Crippen LogP contribution < -0.4 is 0 Å². The zero-order valence-corrected chi connectivity index (χ0v) is 6.91. The van der Waals surface area contributed by atoms with Crippen molar-refractivity contribution in [2.75, 3.05) is 7.11 Å². The molecule has 1 atom stereocenters. The molecule has 0 amide bonds. The Kier molecular flexibility index (Phi) is 1.77. The minimum atomic E-state index is -0.692. The van der Waals surface area contributed by atoms with Crippen molar-refractivity contribution in [2.45, 2.75) is 6.29 Å². The van der Waals surface area contributed by atoms with E-state index in [0.717, 1.165) is 6.07 Å².